The van der Waals surface area contributed by atoms with Crippen LogP contribution in [0.5, 0.6) is 0 Å². The summed E-state index contributed by atoms with van der Waals surface area (Å²) in [5.74, 6) is -33.9. The van der Waals surface area contributed by atoms with Gasteiger partial charge in [-0.3, -0.25) is 0 Å². The van der Waals surface area contributed by atoms with E-state index < -0.39 is 76.1 Å². The molecule has 0 amide bonds. The fourth-order valence-electron chi connectivity index (χ4n) is 3.47. The van der Waals surface area contributed by atoms with Crippen LogP contribution >= 0.6 is 10.3 Å². The summed E-state index contributed by atoms with van der Waals surface area (Å²) in [6.45, 7) is 0. The van der Waals surface area contributed by atoms with E-state index >= 15 is 0 Å². The van der Waals surface area contributed by atoms with Crippen LogP contribution in [0.25, 0.3) is 0 Å². The molecule has 0 bridgehead atoms. The second-order valence-corrected chi connectivity index (χ2v) is 13.0. The number of alkyl halides is 13. The molecular formula is C24H14F14O3S2. The quantitative estimate of drug-likeness (QED) is 0.201. The van der Waals surface area contributed by atoms with E-state index in [2.05, 4.69) is 3.63 Å². The molecule has 3 aromatic carbocycles. The zero-order valence-electron chi connectivity index (χ0n) is 20.4. The molecule has 238 valence electrons. The number of halogens is 14. The van der Waals surface area contributed by atoms with Crippen LogP contribution in [0, 0.1) is 5.82 Å². The summed E-state index contributed by atoms with van der Waals surface area (Å²) < 4.78 is 223. The summed E-state index contributed by atoms with van der Waals surface area (Å²) in [6, 6.07) is 13.7. The van der Waals surface area contributed by atoms with Gasteiger partial charge in [0.2, 0.25) is 0 Å². The molecule has 43 heavy (non-hydrogen) atoms. The SMILES string of the molecule is O=S(=O)(OS(c1ccccc1)(c1ccccc1)c1ccc(F)cc1)C(F)(F)C(F)(F)C(F)(F)C(F)(F)C(F)(F)C(F)(F)F. The Morgan fingerprint density at radius 2 is 0.814 bits per heavy atom. The van der Waals surface area contributed by atoms with Gasteiger partial charge in [-0.05, 0) is 58.8 Å². The van der Waals surface area contributed by atoms with Gasteiger partial charge in [-0.15, -0.1) is 0 Å². The first kappa shape index (κ1) is 34.4. The van der Waals surface area contributed by atoms with E-state index in [1.165, 1.54) is 12.1 Å². The average molecular weight is 680 g/mol. The summed E-state index contributed by atoms with van der Waals surface area (Å²) in [7, 11) is -12.1. The fraction of sp³-hybridized carbons (Fsp3) is 0.250. The maximum atomic E-state index is 15.0. The lowest BCUT2D eigenvalue weighted by Crippen LogP contribution is -2.71. The van der Waals surface area contributed by atoms with Crippen LogP contribution < -0.4 is 0 Å². The third-order valence-corrected chi connectivity index (χ3v) is 10.9. The van der Waals surface area contributed by atoms with Crippen molar-refractivity contribution in [3.63, 3.8) is 0 Å². The Kier molecular flexibility index (Phi) is 8.67. The van der Waals surface area contributed by atoms with Crippen molar-refractivity contribution in [3.05, 3.63) is 90.7 Å². The van der Waals surface area contributed by atoms with Crippen LogP contribution in [0.4, 0.5) is 61.5 Å². The largest absolute Gasteiger partial charge is 0.460 e. The first-order valence-electron chi connectivity index (χ1n) is 11.0. The maximum absolute atomic E-state index is 15.0. The monoisotopic (exact) mass is 680 g/mol. The third-order valence-electron chi connectivity index (χ3n) is 5.71. The first-order valence-corrected chi connectivity index (χ1v) is 14.0. The van der Waals surface area contributed by atoms with Crippen LogP contribution in [-0.2, 0) is 13.7 Å². The van der Waals surface area contributed by atoms with Crippen LogP contribution in [0.3, 0.4) is 0 Å². The molecule has 0 aliphatic heterocycles. The molecule has 0 heterocycles. The normalized spacial score (nSPS) is 14.9. The van der Waals surface area contributed by atoms with Crippen LogP contribution in [0.2, 0.25) is 0 Å². The zero-order chi connectivity index (χ0) is 32.9. The minimum Gasteiger partial charge on any atom is -0.207 e. The van der Waals surface area contributed by atoms with Crippen molar-refractivity contribution in [1.82, 2.24) is 0 Å². The predicted octanol–water partition coefficient (Wildman–Crippen LogP) is 9.07. The van der Waals surface area contributed by atoms with E-state index in [1.54, 1.807) is 0 Å². The Balaban J connectivity index is 2.32. The van der Waals surface area contributed by atoms with E-state index in [-0.39, 0.29) is 0 Å². The van der Waals surface area contributed by atoms with Crippen molar-refractivity contribution in [1.29, 1.82) is 0 Å². The third kappa shape index (κ3) is 5.22. The van der Waals surface area contributed by atoms with Crippen molar-refractivity contribution in [2.75, 3.05) is 0 Å². The highest BCUT2D eigenvalue weighted by molar-refractivity contribution is 8.33. The number of hydrogen-bond donors (Lipinski definition) is 0. The van der Waals surface area contributed by atoms with E-state index in [9.17, 15) is 69.9 Å². The molecule has 0 atom stereocenters. The molecule has 0 N–H and O–H groups in total. The van der Waals surface area contributed by atoms with Crippen LogP contribution in [-0.4, -0.2) is 43.5 Å². The van der Waals surface area contributed by atoms with Crippen LogP contribution in [0.1, 0.15) is 0 Å². The lowest BCUT2D eigenvalue weighted by atomic mass is 9.98. The summed E-state index contributed by atoms with van der Waals surface area (Å²) in [5.41, 5.74) is 0. The molecule has 0 spiro atoms. The number of benzene rings is 3. The van der Waals surface area contributed by atoms with E-state index in [0.29, 0.717) is 12.1 Å². The molecule has 0 aromatic heterocycles. The number of rotatable bonds is 10. The Morgan fingerprint density at radius 1 is 0.465 bits per heavy atom. The van der Waals surface area contributed by atoms with Crippen molar-refractivity contribution in [3.8, 4) is 0 Å². The Labute approximate surface area is 234 Å². The summed E-state index contributed by atoms with van der Waals surface area (Å²) in [4.78, 5) is -1.50. The fourth-order valence-corrected chi connectivity index (χ4v) is 8.68. The van der Waals surface area contributed by atoms with Gasteiger partial charge in [0.25, 0.3) is 0 Å². The minimum atomic E-state index is -8.37. The summed E-state index contributed by atoms with van der Waals surface area (Å²) in [6.07, 6.45) is -7.68. The topological polar surface area (TPSA) is 43.4 Å². The van der Waals surface area contributed by atoms with Gasteiger partial charge in [0, 0.05) is 14.7 Å². The van der Waals surface area contributed by atoms with Gasteiger partial charge in [0.15, 0.2) is 0 Å². The molecule has 0 aliphatic carbocycles. The van der Waals surface area contributed by atoms with Gasteiger partial charge >= 0.3 is 45.2 Å². The summed E-state index contributed by atoms with van der Waals surface area (Å²) in [5, 5.41) is -7.60. The van der Waals surface area contributed by atoms with Gasteiger partial charge in [-0.2, -0.15) is 65.5 Å². The van der Waals surface area contributed by atoms with Crippen molar-refractivity contribution >= 4 is 20.4 Å². The lowest BCUT2D eigenvalue weighted by molar-refractivity contribution is -0.433. The molecule has 0 saturated heterocycles. The minimum absolute atomic E-state index is 0.462. The van der Waals surface area contributed by atoms with E-state index in [4.69, 9.17) is 0 Å². The molecular weight excluding hydrogens is 666 g/mol. The van der Waals surface area contributed by atoms with E-state index in [0.717, 1.165) is 60.7 Å². The Hall–Kier alpha value is -3.06. The van der Waals surface area contributed by atoms with Crippen molar-refractivity contribution < 1.29 is 73.5 Å². The molecule has 19 heteroatoms. The van der Waals surface area contributed by atoms with Gasteiger partial charge < -0.3 is 0 Å². The molecule has 3 nitrogen and oxygen atoms in total. The van der Waals surface area contributed by atoms with Gasteiger partial charge in [0.05, 0.1) is 0 Å². The maximum Gasteiger partial charge on any atom is 0.460 e. The lowest BCUT2D eigenvalue weighted by Gasteiger charge is -2.42. The van der Waals surface area contributed by atoms with Gasteiger partial charge in [-0.25, -0.2) is 8.02 Å². The average Bonchev–Trinajstić information content (AvgIpc) is 2.92. The van der Waals surface area contributed by atoms with Crippen molar-refractivity contribution in [2.45, 2.75) is 49.8 Å². The van der Waals surface area contributed by atoms with Crippen LogP contribution in [0.15, 0.2) is 99.6 Å². The summed E-state index contributed by atoms with van der Waals surface area (Å²) >= 11 is 0. The van der Waals surface area contributed by atoms with Gasteiger partial charge in [0.1, 0.15) is 5.82 Å². The first-order chi connectivity index (χ1) is 19.4. The molecule has 0 unspecified atom stereocenters. The molecule has 0 fully saturated rings. The smallest absolute Gasteiger partial charge is 0.207 e. The number of hydrogen-bond acceptors (Lipinski definition) is 3. The molecule has 0 aliphatic rings. The Bertz CT molecular complexity index is 1490. The Morgan fingerprint density at radius 3 is 1.19 bits per heavy atom. The second-order valence-electron chi connectivity index (χ2n) is 8.47. The van der Waals surface area contributed by atoms with Crippen molar-refractivity contribution in [2.24, 2.45) is 0 Å². The molecule has 3 aromatic rings. The highest BCUT2D eigenvalue weighted by Gasteiger charge is 2.93. The molecule has 0 saturated carbocycles. The second kappa shape index (κ2) is 10.8. The predicted molar refractivity (Wildman–Crippen MR) is 122 cm³/mol. The highest BCUT2D eigenvalue weighted by atomic mass is 32.3. The standard InChI is InChI=1S/C24H14F14O3S2/c25-15-11-13-18(14-12-15)42(16-7-3-1-4-8-16,17-9-5-2-6-10-17)41-43(39,40)24(37,38)22(32,33)20(28,29)19(26,27)21(30,31)23(34,35)36/h1-14H. The zero-order valence-corrected chi connectivity index (χ0v) is 22.0. The van der Waals surface area contributed by atoms with Gasteiger partial charge in [-0.1, -0.05) is 36.4 Å². The highest BCUT2D eigenvalue weighted by Crippen LogP contribution is 2.71. The molecule has 3 rings (SSSR count). The molecule has 0 radical (unpaired) electrons. The van der Waals surface area contributed by atoms with E-state index in [1.807, 2.05) is 0 Å².